The summed E-state index contributed by atoms with van der Waals surface area (Å²) in [5.41, 5.74) is 31.7. The van der Waals surface area contributed by atoms with Crippen LogP contribution in [-0.4, -0.2) is 111 Å². The van der Waals surface area contributed by atoms with Gasteiger partial charge in [0, 0.05) is 107 Å². The molecule has 0 aliphatic carbocycles. The highest BCUT2D eigenvalue weighted by atomic mass is 79.9. The molecule has 12 rings (SSSR count). The first kappa shape index (κ1) is 65.5. The van der Waals surface area contributed by atoms with E-state index in [2.05, 4.69) is 136 Å². The monoisotopic (exact) mass is 1330 g/mol. The summed E-state index contributed by atoms with van der Waals surface area (Å²) in [6.45, 7) is 6.96. The van der Waals surface area contributed by atoms with Gasteiger partial charge in [0.25, 0.3) is 6.43 Å². The first-order valence-electron chi connectivity index (χ1n) is 25.3. The lowest BCUT2D eigenvalue weighted by Crippen LogP contribution is -2.14. The third-order valence-corrected chi connectivity index (χ3v) is 14.9. The number of pyridine rings is 5. The van der Waals surface area contributed by atoms with Crippen molar-refractivity contribution < 1.29 is 48.9 Å². The molecule has 0 saturated carbocycles. The Morgan fingerprint density at radius 3 is 1.32 bits per heavy atom. The summed E-state index contributed by atoms with van der Waals surface area (Å²) in [4.78, 5) is 44.6. The fraction of sp³-hybridized carbons (Fsp3) is 0.222. The fourth-order valence-electron chi connectivity index (χ4n) is 8.45. The number of aryl methyl sites for hydroxylation is 4. The van der Waals surface area contributed by atoms with Crippen LogP contribution < -0.4 is 22.9 Å². The maximum Gasteiger partial charge on any atom is 0.434 e. The van der Waals surface area contributed by atoms with Gasteiger partial charge in [0.1, 0.15) is 29.2 Å². The Morgan fingerprint density at radius 2 is 0.945 bits per heavy atom. The molecule has 30 nitrogen and oxygen atoms in total. The molecular formula is C54H44BrF5N24O6S. The zero-order chi connectivity index (χ0) is 64.9. The van der Waals surface area contributed by atoms with Crippen molar-refractivity contribution >= 4 is 93.2 Å². The van der Waals surface area contributed by atoms with Gasteiger partial charge in [-0.2, -0.15) is 18.4 Å². The van der Waals surface area contributed by atoms with Gasteiger partial charge in [-0.25, -0.2) is 90.5 Å². The van der Waals surface area contributed by atoms with Crippen LogP contribution in [0.4, 0.5) is 44.7 Å². The summed E-state index contributed by atoms with van der Waals surface area (Å²) in [5.74, 6) is 5.01. The summed E-state index contributed by atoms with van der Waals surface area (Å²) in [6.07, 6.45) is 9.87. The molecule has 0 aromatic carbocycles. The summed E-state index contributed by atoms with van der Waals surface area (Å²) >= 11 is 3.20. The molecule has 91 heavy (non-hydrogen) atoms. The minimum atomic E-state index is -4.68. The SMILES string of the molecule is C.C#Cc1cnc(Cc2c(C)nc3nonc3c2N)nc1.C#Cc1cnc(Cc2c(C)nc3nonc3c2N)nc1C(F)(F)F.Cc1nc2nonc2c(N)c1Cc1ccc(Br)c(S(C)(=O)=O)n1.Cc1nc2nonc2c(N)c1Cc1ncc(C#N)c(C(F)F)n1. The van der Waals surface area contributed by atoms with Gasteiger partial charge < -0.3 is 22.9 Å². The molecule has 0 saturated heterocycles. The second kappa shape index (κ2) is 26.8. The number of alkyl halides is 5. The molecule has 37 heteroatoms. The number of nitriles is 1. The van der Waals surface area contributed by atoms with Crippen molar-refractivity contribution in [2.45, 2.75) is 78.4 Å². The quantitative estimate of drug-likeness (QED) is 0.0811. The third-order valence-electron chi connectivity index (χ3n) is 13.0. The normalized spacial score (nSPS) is 11.2. The van der Waals surface area contributed by atoms with E-state index in [1.54, 1.807) is 51.4 Å². The molecule has 12 aromatic rings. The van der Waals surface area contributed by atoms with Crippen LogP contribution in [0.15, 0.2) is 64.9 Å². The van der Waals surface area contributed by atoms with Crippen LogP contribution in [-0.2, 0) is 41.7 Å². The molecule has 0 atom stereocenters. The number of rotatable bonds is 10. The number of nitrogen functional groups attached to an aromatic ring is 4. The number of sulfone groups is 1. The maximum atomic E-state index is 13.0. The van der Waals surface area contributed by atoms with Gasteiger partial charge in [0.05, 0.1) is 43.9 Å². The van der Waals surface area contributed by atoms with E-state index in [0.717, 1.165) is 29.9 Å². The Hall–Kier alpha value is -11.5. The molecule has 464 valence electrons. The number of hydrogen-bond donors (Lipinski definition) is 4. The molecule has 0 radical (unpaired) electrons. The number of fused-ring (bicyclic) bond motifs is 4. The molecule has 12 heterocycles. The smallest absolute Gasteiger partial charge is 0.396 e. The third kappa shape index (κ3) is 14.3. The first-order valence-corrected chi connectivity index (χ1v) is 28.0. The standard InChI is InChI=1S/C14H9F3N6O.C13H12BrN5O3S.C13H9F2N7O.C13H10N6O.CH4/c1-3-7-5-19-9(21-12(7)14(15,16)17)4-8-6(2)20-13-11(10(8)18)22-24-23-13;1-6-8(10(15)11-12(16-6)19-22-18-11)5-7-3-4-9(14)13(17-7)23(2,20)21;1-5-7(9(17)11-13(19-5)22-23-21-11)2-8-18-4-6(3-16)10(20-8)12(14)15;1-3-8-5-15-10(16-6-8)4-9-7(2)17-13-12(11(9)14)18-20-19-13;/h1,5H,4,18H2,2H3;3-4H,5,15H2,1-2H3;4,12H,2,17H2,1H3;1,5-6H,4,14H2,2H3;1H4. The van der Waals surface area contributed by atoms with Crippen molar-refractivity contribution in [3.8, 4) is 30.8 Å². The molecule has 0 aliphatic rings. The number of hydrogen-bond acceptors (Lipinski definition) is 30. The van der Waals surface area contributed by atoms with Gasteiger partial charge in [0.15, 0.2) is 42.6 Å². The average molecular weight is 1330 g/mol. The maximum absolute atomic E-state index is 13.0. The van der Waals surface area contributed by atoms with Gasteiger partial charge in [-0.05, 0) is 97.0 Å². The highest BCUT2D eigenvalue weighted by Gasteiger charge is 2.36. The Morgan fingerprint density at radius 1 is 0.560 bits per heavy atom. The second-order valence-electron chi connectivity index (χ2n) is 18.9. The van der Waals surface area contributed by atoms with Crippen LogP contribution in [0, 0.1) is 63.7 Å². The molecule has 12 aromatic heterocycles. The summed E-state index contributed by atoms with van der Waals surface area (Å²) in [6, 6.07) is 5.01. The Balaban J connectivity index is 0.000000156. The van der Waals surface area contributed by atoms with Gasteiger partial charge in [-0.15, -0.1) is 12.8 Å². The Labute approximate surface area is 517 Å². The summed E-state index contributed by atoms with van der Waals surface area (Å²) in [7, 11) is -3.44. The highest BCUT2D eigenvalue weighted by molar-refractivity contribution is 9.10. The van der Waals surface area contributed by atoms with E-state index in [0.29, 0.717) is 102 Å². The van der Waals surface area contributed by atoms with Gasteiger partial charge in [-0.3, -0.25) is 0 Å². The number of aromatic nitrogens is 19. The van der Waals surface area contributed by atoms with Crippen molar-refractivity contribution in [3.63, 3.8) is 0 Å². The van der Waals surface area contributed by atoms with E-state index in [4.69, 9.17) is 41.0 Å². The molecule has 8 N–H and O–H groups in total. The van der Waals surface area contributed by atoms with Crippen LogP contribution in [0.5, 0.6) is 0 Å². The van der Waals surface area contributed by atoms with Crippen molar-refractivity contribution in [1.29, 1.82) is 5.26 Å². The number of terminal acetylenes is 2. The van der Waals surface area contributed by atoms with Crippen molar-refractivity contribution in [2.75, 3.05) is 29.2 Å². The predicted molar refractivity (Wildman–Crippen MR) is 315 cm³/mol. The predicted octanol–water partition coefficient (Wildman–Crippen LogP) is 6.75. The van der Waals surface area contributed by atoms with Crippen LogP contribution in [0.3, 0.4) is 0 Å². The summed E-state index contributed by atoms with van der Waals surface area (Å²) < 4.78 is 107. The largest absolute Gasteiger partial charge is 0.434 e. The van der Waals surface area contributed by atoms with E-state index in [-0.39, 0.29) is 76.2 Å². The number of nitrogens with zero attached hydrogens (tertiary/aromatic N) is 20. The molecular weight excluding hydrogens is 1290 g/mol. The molecule has 0 spiro atoms. The molecule has 0 bridgehead atoms. The van der Waals surface area contributed by atoms with Crippen molar-refractivity contribution in [3.05, 3.63) is 138 Å². The molecule has 0 fully saturated rings. The van der Waals surface area contributed by atoms with Gasteiger partial charge >= 0.3 is 6.18 Å². The lowest BCUT2D eigenvalue weighted by Gasteiger charge is -2.11. The van der Waals surface area contributed by atoms with Crippen molar-refractivity contribution in [1.82, 2.24) is 96.1 Å². The Kier molecular flexibility index (Phi) is 19.3. The molecule has 0 amide bonds. The zero-order valence-corrected chi connectivity index (χ0v) is 49.3. The van der Waals surface area contributed by atoms with E-state index >= 15 is 0 Å². The minimum absolute atomic E-state index is 0. The number of nitrogens with two attached hydrogens (primary N) is 4. The Bertz CT molecular complexity index is 4990. The van der Waals surface area contributed by atoms with Gasteiger partial charge in [0.2, 0.25) is 22.6 Å². The zero-order valence-electron chi connectivity index (χ0n) is 46.9. The topological polar surface area (TPSA) is 459 Å². The van der Waals surface area contributed by atoms with E-state index < -0.39 is 39.4 Å². The average Bonchev–Trinajstić information content (AvgIpc) is 1.92. The van der Waals surface area contributed by atoms with E-state index in [1.165, 1.54) is 0 Å². The molecule has 0 unspecified atom stereocenters. The van der Waals surface area contributed by atoms with E-state index in [1.807, 2.05) is 12.8 Å². The number of halogens is 6. The van der Waals surface area contributed by atoms with Crippen LogP contribution in [0.25, 0.3) is 44.7 Å². The highest BCUT2D eigenvalue weighted by Crippen LogP contribution is 2.33. The van der Waals surface area contributed by atoms with Crippen LogP contribution in [0.1, 0.15) is 110 Å². The van der Waals surface area contributed by atoms with Crippen molar-refractivity contribution in [2.24, 2.45) is 0 Å². The lowest BCUT2D eigenvalue weighted by atomic mass is 10.1. The first-order chi connectivity index (χ1) is 42.8. The van der Waals surface area contributed by atoms with Crippen LogP contribution in [0.2, 0.25) is 0 Å². The molecule has 0 aliphatic heterocycles. The summed E-state index contributed by atoms with van der Waals surface area (Å²) in [5, 5.41) is 38.1. The fourth-order valence-corrected chi connectivity index (χ4v) is 10.3. The van der Waals surface area contributed by atoms with Gasteiger partial charge in [-0.1, -0.05) is 19.3 Å². The van der Waals surface area contributed by atoms with Crippen LogP contribution >= 0.6 is 15.9 Å². The lowest BCUT2D eigenvalue weighted by molar-refractivity contribution is -0.141. The number of anilines is 4. The van der Waals surface area contributed by atoms with E-state index in [9.17, 15) is 30.4 Å². The second-order valence-corrected chi connectivity index (χ2v) is 21.7. The minimum Gasteiger partial charge on any atom is -0.396 e.